The number of aryl methyl sites for hydroxylation is 1. The molecule has 3 heterocycles. The zero-order chi connectivity index (χ0) is 19.9. The van der Waals surface area contributed by atoms with Crippen LogP contribution in [-0.2, 0) is 11.3 Å². The van der Waals surface area contributed by atoms with E-state index in [2.05, 4.69) is 5.10 Å². The van der Waals surface area contributed by atoms with Crippen LogP contribution in [0.4, 0.5) is 0 Å². The first-order valence-electron chi connectivity index (χ1n) is 9.43. The molecule has 1 fully saturated rings. The van der Waals surface area contributed by atoms with Crippen LogP contribution in [0.5, 0.6) is 0 Å². The molecular formula is C21H22N4O3. The van der Waals surface area contributed by atoms with Gasteiger partial charge in [-0.25, -0.2) is 14.5 Å². The van der Waals surface area contributed by atoms with Gasteiger partial charge in [-0.1, -0.05) is 30.3 Å². The molecule has 0 saturated carbocycles. The Morgan fingerprint density at radius 1 is 1.25 bits per heavy atom. The highest BCUT2D eigenvalue weighted by Crippen LogP contribution is 2.33. The highest BCUT2D eigenvalue weighted by atomic mass is 16.4. The van der Waals surface area contributed by atoms with E-state index in [1.54, 1.807) is 23.9 Å². The second kappa shape index (κ2) is 6.74. The Balaban J connectivity index is 1.89. The van der Waals surface area contributed by atoms with Crippen molar-refractivity contribution >= 4 is 22.9 Å². The van der Waals surface area contributed by atoms with Gasteiger partial charge in [0, 0.05) is 18.7 Å². The number of carboxylic acids is 1. The number of fused-ring (bicyclic) bond motifs is 1. The molecule has 7 nitrogen and oxygen atoms in total. The average Bonchev–Trinajstić information content (AvgIpc) is 3.31. The van der Waals surface area contributed by atoms with Crippen molar-refractivity contribution in [2.45, 2.75) is 38.8 Å². The third kappa shape index (κ3) is 2.74. The van der Waals surface area contributed by atoms with E-state index in [0.717, 1.165) is 5.56 Å². The number of pyridine rings is 1. The van der Waals surface area contributed by atoms with Gasteiger partial charge in [-0.05, 0) is 32.8 Å². The number of hydrogen-bond acceptors (Lipinski definition) is 4. The van der Waals surface area contributed by atoms with Gasteiger partial charge in [0.2, 0.25) is 0 Å². The van der Waals surface area contributed by atoms with Gasteiger partial charge < -0.3 is 10.0 Å². The first-order valence-corrected chi connectivity index (χ1v) is 9.43. The summed E-state index contributed by atoms with van der Waals surface area (Å²) in [7, 11) is 0. The van der Waals surface area contributed by atoms with E-state index in [9.17, 15) is 14.7 Å². The number of amides is 1. The first kappa shape index (κ1) is 18.2. The van der Waals surface area contributed by atoms with E-state index in [1.165, 1.54) is 4.90 Å². The van der Waals surface area contributed by atoms with E-state index < -0.39 is 11.5 Å². The van der Waals surface area contributed by atoms with Gasteiger partial charge in [0.05, 0.1) is 22.8 Å². The molecule has 1 aliphatic rings. The average molecular weight is 378 g/mol. The molecule has 1 atom stereocenters. The van der Waals surface area contributed by atoms with Crippen molar-refractivity contribution in [1.82, 2.24) is 19.7 Å². The minimum Gasteiger partial charge on any atom is -0.480 e. The molecule has 0 bridgehead atoms. The molecule has 1 N–H and O–H groups in total. The van der Waals surface area contributed by atoms with Crippen LogP contribution < -0.4 is 0 Å². The summed E-state index contributed by atoms with van der Waals surface area (Å²) in [6.07, 6.45) is 2.76. The van der Waals surface area contributed by atoms with Crippen molar-refractivity contribution < 1.29 is 14.7 Å². The number of carboxylic acid groups (broad SMARTS) is 1. The number of aromatic nitrogens is 3. The van der Waals surface area contributed by atoms with Crippen molar-refractivity contribution in [3.8, 4) is 11.3 Å². The lowest BCUT2D eigenvalue weighted by atomic mass is 9.98. The molecule has 2 aromatic heterocycles. The molecule has 144 valence electrons. The van der Waals surface area contributed by atoms with Crippen LogP contribution in [-0.4, -0.2) is 48.7 Å². The normalized spacial score (nSPS) is 19.3. The van der Waals surface area contributed by atoms with Gasteiger partial charge in [-0.3, -0.25) is 4.79 Å². The molecule has 0 spiro atoms. The zero-order valence-corrected chi connectivity index (χ0v) is 15.9. The molecule has 1 unspecified atom stereocenters. The summed E-state index contributed by atoms with van der Waals surface area (Å²) >= 11 is 0. The SMILES string of the molecule is CCn1ncc2c(C(=O)N3CCCC3(C)C(=O)O)cc(-c3ccccc3)nc21. The third-order valence-electron chi connectivity index (χ3n) is 5.56. The van der Waals surface area contributed by atoms with Gasteiger partial charge in [0.25, 0.3) is 5.91 Å². The second-order valence-corrected chi connectivity index (χ2v) is 7.26. The zero-order valence-electron chi connectivity index (χ0n) is 15.9. The number of nitrogens with zero attached hydrogens (tertiary/aromatic N) is 4. The van der Waals surface area contributed by atoms with Crippen LogP contribution in [0, 0.1) is 0 Å². The molecule has 0 radical (unpaired) electrons. The molecule has 1 aliphatic heterocycles. The van der Waals surface area contributed by atoms with Gasteiger partial charge in [-0.2, -0.15) is 5.10 Å². The van der Waals surface area contributed by atoms with E-state index in [1.807, 2.05) is 37.3 Å². The number of aliphatic carboxylic acids is 1. The maximum Gasteiger partial charge on any atom is 0.329 e. The molecule has 3 aromatic rings. The van der Waals surface area contributed by atoms with Crippen LogP contribution in [0.3, 0.4) is 0 Å². The lowest BCUT2D eigenvalue weighted by Gasteiger charge is -2.31. The number of rotatable bonds is 4. The van der Waals surface area contributed by atoms with Crippen LogP contribution in [0.15, 0.2) is 42.6 Å². The molecule has 1 saturated heterocycles. The summed E-state index contributed by atoms with van der Waals surface area (Å²) in [5, 5.41) is 14.7. The lowest BCUT2D eigenvalue weighted by molar-refractivity contribution is -0.147. The Morgan fingerprint density at radius 3 is 2.68 bits per heavy atom. The first-order chi connectivity index (χ1) is 13.5. The Bertz CT molecular complexity index is 1060. The summed E-state index contributed by atoms with van der Waals surface area (Å²) in [4.78, 5) is 31.5. The summed E-state index contributed by atoms with van der Waals surface area (Å²) in [5.74, 6) is -1.26. The van der Waals surface area contributed by atoms with Crippen molar-refractivity contribution in [3.63, 3.8) is 0 Å². The number of hydrogen-bond donors (Lipinski definition) is 1. The van der Waals surface area contributed by atoms with Crippen molar-refractivity contribution in [2.24, 2.45) is 0 Å². The molecular weight excluding hydrogens is 356 g/mol. The fourth-order valence-electron chi connectivity index (χ4n) is 3.87. The van der Waals surface area contributed by atoms with Crippen molar-refractivity contribution in [2.75, 3.05) is 6.54 Å². The van der Waals surface area contributed by atoms with Gasteiger partial charge in [-0.15, -0.1) is 0 Å². The quantitative estimate of drug-likeness (QED) is 0.753. The summed E-state index contributed by atoms with van der Waals surface area (Å²) in [6, 6.07) is 11.4. The monoisotopic (exact) mass is 378 g/mol. The molecule has 4 rings (SSSR count). The van der Waals surface area contributed by atoms with Gasteiger partial charge in [0.15, 0.2) is 5.65 Å². The van der Waals surface area contributed by atoms with E-state index >= 15 is 0 Å². The fraction of sp³-hybridized carbons (Fsp3) is 0.333. The highest BCUT2D eigenvalue weighted by molar-refractivity contribution is 6.08. The number of benzene rings is 1. The predicted octanol–water partition coefficient (Wildman–Crippen LogP) is 3.20. The van der Waals surface area contributed by atoms with Crippen LogP contribution in [0.25, 0.3) is 22.3 Å². The molecule has 0 aliphatic carbocycles. The topological polar surface area (TPSA) is 88.3 Å². The van der Waals surface area contributed by atoms with E-state index in [4.69, 9.17) is 4.98 Å². The molecule has 28 heavy (non-hydrogen) atoms. The predicted molar refractivity (Wildman–Crippen MR) is 105 cm³/mol. The van der Waals surface area contributed by atoms with Crippen molar-refractivity contribution in [1.29, 1.82) is 0 Å². The van der Waals surface area contributed by atoms with Gasteiger partial charge >= 0.3 is 5.97 Å². The fourth-order valence-corrected chi connectivity index (χ4v) is 3.87. The second-order valence-electron chi connectivity index (χ2n) is 7.26. The van der Waals surface area contributed by atoms with Crippen LogP contribution >= 0.6 is 0 Å². The number of carbonyl (C=O) groups excluding carboxylic acids is 1. The minimum absolute atomic E-state index is 0.289. The summed E-state index contributed by atoms with van der Waals surface area (Å²) in [5.41, 5.74) is 1.44. The maximum atomic E-state index is 13.5. The lowest BCUT2D eigenvalue weighted by Crippen LogP contribution is -2.50. The van der Waals surface area contributed by atoms with Crippen LogP contribution in [0.1, 0.15) is 37.0 Å². The Hall–Kier alpha value is -3.22. The van der Waals surface area contributed by atoms with Crippen molar-refractivity contribution in [3.05, 3.63) is 48.2 Å². The van der Waals surface area contributed by atoms with E-state index in [0.29, 0.717) is 48.2 Å². The Kier molecular flexibility index (Phi) is 4.37. The highest BCUT2D eigenvalue weighted by Gasteiger charge is 2.46. The Labute approximate surface area is 162 Å². The van der Waals surface area contributed by atoms with Crippen LogP contribution in [0.2, 0.25) is 0 Å². The molecule has 1 aromatic carbocycles. The largest absolute Gasteiger partial charge is 0.480 e. The Morgan fingerprint density at radius 2 is 2.00 bits per heavy atom. The smallest absolute Gasteiger partial charge is 0.329 e. The third-order valence-corrected chi connectivity index (χ3v) is 5.56. The minimum atomic E-state index is -1.19. The standard InChI is InChI=1S/C21H22N4O3/c1-3-25-18-16(13-22-25)15(12-17(23-18)14-8-5-4-6-9-14)19(26)24-11-7-10-21(24,2)20(27)28/h4-6,8-9,12-13H,3,7,10-11H2,1-2H3,(H,27,28). The summed E-state index contributed by atoms with van der Waals surface area (Å²) < 4.78 is 1.75. The van der Waals surface area contributed by atoms with E-state index in [-0.39, 0.29) is 5.91 Å². The van der Waals surface area contributed by atoms with Gasteiger partial charge in [0.1, 0.15) is 5.54 Å². The molecule has 1 amide bonds. The summed E-state index contributed by atoms with van der Waals surface area (Å²) in [6.45, 7) is 4.63. The molecule has 7 heteroatoms. The number of carbonyl (C=O) groups is 2. The number of likely N-dealkylation sites (tertiary alicyclic amines) is 1. The maximum absolute atomic E-state index is 13.5.